The van der Waals surface area contributed by atoms with Crippen LogP contribution in [0.15, 0.2) is 36.7 Å². The first kappa shape index (κ1) is 14.3. The smallest absolute Gasteiger partial charge is 0.183 e. The molecule has 1 fully saturated rings. The second-order valence-corrected chi connectivity index (χ2v) is 5.10. The minimum absolute atomic E-state index is 0.0870. The highest BCUT2D eigenvalue weighted by molar-refractivity contribution is 5.49. The van der Waals surface area contributed by atoms with Crippen molar-refractivity contribution >= 4 is 5.82 Å². The van der Waals surface area contributed by atoms with Crippen molar-refractivity contribution in [2.75, 3.05) is 18.0 Å². The van der Waals surface area contributed by atoms with Crippen LogP contribution in [0.5, 0.6) is 5.75 Å². The third-order valence-corrected chi connectivity index (χ3v) is 3.64. The van der Waals surface area contributed by atoms with Gasteiger partial charge in [0.2, 0.25) is 0 Å². The molecule has 0 spiro atoms. The van der Waals surface area contributed by atoms with Gasteiger partial charge in [0, 0.05) is 38.3 Å². The van der Waals surface area contributed by atoms with Crippen molar-refractivity contribution < 1.29 is 9.13 Å². The van der Waals surface area contributed by atoms with E-state index in [4.69, 9.17) is 10.00 Å². The molecular weight excluding hydrogens is 283 g/mol. The Morgan fingerprint density at radius 2 is 1.82 bits per heavy atom. The SMILES string of the molecule is N#Cc1nccnc1N1CCC(Oc2ccc(F)cc2)CC1. The molecule has 0 saturated carbocycles. The van der Waals surface area contributed by atoms with Gasteiger partial charge in [0.05, 0.1) is 0 Å². The lowest BCUT2D eigenvalue weighted by Crippen LogP contribution is -2.39. The molecule has 1 aliphatic rings. The van der Waals surface area contributed by atoms with Crippen molar-refractivity contribution in [2.24, 2.45) is 0 Å². The molecule has 0 aliphatic carbocycles. The highest BCUT2D eigenvalue weighted by atomic mass is 19.1. The van der Waals surface area contributed by atoms with Crippen LogP contribution in [0.2, 0.25) is 0 Å². The Bertz CT molecular complexity index is 675. The van der Waals surface area contributed by atoms with Gasteiger partial charge in [-0.15, -0.1) is 0 Å². The van der Waals surface area contributed by atoms with Crippen LogP contribution < -0.4 is 9.64 Å². The first-order valence-electron chi connectivity index (χ1n) is 7.14. The maximum Gasteiger partial charge on any atom is 0.183 e. The molecule has 0 radical (unpaired) electrons. The quantitative estimate of drug-likeness (QED) is 0.871. The lowest BCUT2D eigenvalue weighted by molar-refractivity contribution is 0.170. The van der Waals surface area contributed by atoms with Gasteiger partial charge in [-0.3, -0.25) is 0 Å². The van der Waals surface area contributed by atoms with Gasteiger partial charge in [0.1, 0.15) is 23.7 Å². The van der Waals surface area contributed by atoms with E-state index >= 15 is 0 Å². The lowest BCUT2D eigenvalue weighted by atomic mass is 10.1. The van der Waals surface area contributed by atoms with Crippen molar-refractivity contribution in [3.63, 3.8) is 0 Å². The number of ether oxygens (including phenoxy) is 1. The molecule has 1 aromatic heterocycles. The molecule has 6 heteroatoms. The number of rotatable bonds is 3. The fourth-order valence-electron chi connectivity index (χ4n) is 2.53. The topological polar surface area (TPSA) is 62.0 Å². The van der Waals surface area contributed by atoms with Crippen LogP contribution in [0, 0.1) is 17.1 Å². The number of nitriles is 1. The zero-order valence-corrected chi connectivity index (χ0v) is 11.9. The van der Waals surface area contributed by atoms with E-state index < -0.39 is 0 Å². The lowest BCUT2D eigenvalue weighted by Gasteiger charge is -2.33. The average molecular weight is 298 g/mol. The van der Waals surface area contributed by atoms with Crippen molar-refractivity contribution in [3.05, 3.63) is 48.2 Å². The summed E-state index contributed by atoms with van der Waals surface area (Å²) < 4.78 is 18.7. The Morgan fingerprint density at radius 3 is 2.50 bits per heavy atom. The van der Waals surface area contributed by atoms with E-state index in [0.29, 0.717) is 17.3 Å². The molecule has 2 heterocycles. The van der Waals surface area contributed by atoms with Crippen LogP contribution in [-0.2, 0) is 0 Å². The number of halogens is 1. The van der Waals surface area contributed by atoms with E-state index in [9.17, 15) is 4.39 Å². The zero-order chi connectivity index (χ0) is 15.4. The Kier molecular flexibility index (Phi) is 4.15. The van der Waals surface area contributed by atoms with Crippen LogP contribution in [0.1, 0.15) is 18.5 Å². The molecule has 0 N–H and O–H groups in total. The number of nitrogens with zero attached hydrogens (tertiary/aromatic N) is 4. The molecule has 0 amide bonds. The van der Waals surface area contributed by atoms with Gasteiger partial charge in [0.15, 0.2) is 11.5 Å². The molecule has 1 saturated heterocycles. The van der Waals surface area contributed by atoms with E-state index in [-0.39, 0.29) is 11.9 Å². The van der Waals surface area contributed by atoms with Gasteiger partial charge < -0.3 is 9.64 Å². The van der Waals surface area contributed by atoms with E-state index in [0.717, 1.165) is 25.9 Å². The predicted molar refractivity (Wildman–Crippen MR) is 79.0 cm³/mol. The summed E-state index contributed by atoms with van der Waals surface area (Å²) in [6.07, 6.45) is 4.84. The van der Waals surface area contributed by atoms with Crippen molar-refractivity contribution in [3.8, 4) is 11.8 Å². The maximum atomic E-state index is 12.9. The first-order chi connectivity index (χ1) is 10.8. The highest BCUT2D eigenvalue weighted by Crippen LogP contribution is 2.23. The van der Waals surface area contributed by atoms with E-state index in [1.807, 2.05) is 0 Å². The first-order valence-corrected chi connectivity index (χ1v) is 7.14. The fourth-order valence-corrected chi connectivity index (χ4v) is 2.53. The third kappa shape index (κ3) is 3.14. The van der Waals surface area contributed by atoms with E-state index in [1.54, 1.807) is 18.3 Å². The number of anilines is 1. The molecule has 2 aromatic rings. The summed E-state index contributed by atoms with van der Waals surface area (Å²) in [5.41, 5.74) is 0.348. The maximum absolute atomic E-state index is 12.9. The van der Waals surface area contributed by atoms with Crippen molar-refractivity contribution in [2.45, 2.75) is 18.9 Å². The summed E-state index contributed by atoms with van der Waals surface area (Å²) in [5, 5.41) is 9.08. The molecule has 1 aliphatic heterocycles. The van der Waals surface area contributed by atoms with Gasteiger partial charge in [0.25, 0.3) is 0 Å². The van der Waals surface area contributed by atoms with Crippen LogP contribution >= 0.6 is 0 Å². The van der Waals surface area contributed by atoms with Crippen LogP contribution in [-0.4, -0.2) is 29.2 Å². The predicted octanol–water partition coefficient (Wildman–Crippen LogP) is 2.54. The molecule has 5 nitrogen and oxygen atoms in total. The molecule has 22 heavy (non-hydrogen) atoms. The van der Waals surface area contributed by atoms with Gasteiger partial charge in [-0.1, -0.05) is 0 Å². The zero-order valence-electron chi connectivity index (χ0n) is 11.9. The average Bonchev–Trinajstić information content (AvgIpc) is 2.58. The largest absolute Gasteiger partial charge is 0.490 e. The minimum atomic E-state index is -0.270. The van der Waals surface area contributed by atoms with Crippen molar-refractivity contribution in [1.29, 1.82) is 5.26 Å². The monoisotopic (exact) mass is 298 g/mol. The summed E-state index contributed by atoms with van der Waals surface area (Å²) in [7, 11) is 0. The number of aromatic nitrogens is 2. The van der Waals surface area contributed by atoms with Crippen LogP contribution in [0.3, 0.4) is 0 Å². The summed E-state index contributed by atoms with van der Waals surface area (Å²) in [6, 6.07) is 8.13. The standard InChI is InChI=1S/C16H15FN4O/c17-12-1-3-13(4-2-12)22-14-5-9-21(10-6-14)16-15(11-18)19-7-8-20-16/h1-4,7-8,14H,5-6,9-10H2. The van der Waals surface area contributed by atoms with E-state index in [1.165, 1.54) is 18.3 Å². The summed E-state index contributed by atoms with van der Waals surface area (Å²) in [4.78, 5) is 10.3. The summed E-state index contributed by atoms with van der Waals surface area (Å²) >= 11 is 0. The summed E-state index contributed by atoms with van der Waals surface area (Å²) in [6.45, 7) is 1.50. The summed E-state index contributed by atoms with van der Waals surface area (Å²) in [5.74, 6) is 1.04. The molecule has 3 rings (SSSR count). The van der Waals surface area contributed by atoms with Crippen LogP contribution in [0.4, 0.5) is 10.2 Å². The fraction of sp³-hybridized carbons (Fsp3) is 0.312. The highest BCUT2D eigenvalue weighted by Gasteiger charge is 2.23. The Labute approximate surface area is 128 Å². The van der Waals surface area contributed by atoms with E-state index in [2.05, 4.69) is 20.9 Å². The number of piperidine rings is 1. The second kappa shape index (κ2) is 6.39. The number of hydrogen-bond donors (Lipinski definition) is 0. The Morgan fingerprint density at radius 1 is 1.14 bits per heavy atom. The van der Waals surface area contributed by atoms with Gasteiger partial charge in [-0.2, -0.15) is 5.26 Å². The van der Waals surface area contributed by atoms with Gasteiger partial charge in [-0.25, -0.2) is 14.4 Å². The number of hydrogen-bond acceptors (Lipinski definition) is 5. The van der Waals surface area contributed by atoms with Crippen molar-refractivity contribution in [1.82, 2.24) is 9.97 Å². The van der Waals surface area contributed by atoms with Gasteiger partial charge >= 0.3 is 0 Å². The molecule has 1 aromatic carbocycles. The molecular formula is C16H15FN4O. The molecule has 0 atom stereocenters. The minimum Gasteiger partial charge on any atom is -0.490 e. The molecule has 112 valence electrons. The third-order valence-electron chi connectivity index (χ3n) is 3.64. The van der Waals surface area contributed by atoms with Crippen LogP contribution in [0.25, 0.3) is 0 Å². The van der Waals surface area contributed by atoms with Gasteiger partial charge in [-0.05, 0) is 24.3 Å². The molecule has 0 bridgehead atoms. The Hall–Kier alpha value is -2.68. The Balaban J connectivity index is 1.61. The second-order valence-electron chi connectivity index (χ2n) is 5.10. The normalized spacial score (nSPS) is 15.4. The number of benzene rings is 1. The molecule has 0 unspecified atom stereocenters.